The zero-order chi connectivity index (χ0) is 14.7. The molecule has 3 heteroatoms. The zero-order valence-electron chi connectivity index (χ0n) is 13.4. The molecule has 1 aliphatic rings. The van der Waals surface area contributed by atoms with Crippen LogP contribution in [0.25, 0.3) is 0 Å². The molecule has 0 radical (unpaired) electrons. The predicted molar refractivity (Wildman–Crippen MR) is 86.0 cm³/mol. The smallest absolute Gasteiger partial charge is 0.0474 e. The van der Waals surface area contributed by atoms with Crippen molar-refractivity contribution in [2.45, 2.75) is 39.8 Å². The van der Waals surface area contributed by atoms with E-state index in [4.69, 9.17) is 5.73 Å². The highest BCUT2D eigenvalue weighted by Gasteiger charge is 2.28. The number of hydrogen-bond donors (Lipinski definition) is 1. The van der Waals surface area contributed by atoms with Gasteiger partial charge in [-0.1, -0.05) is 30.7 Å². The SMILES string of the molecule is CCN1CCN(C(CN)c2cc(C)ccc2C)CC1C. The molecule has 20 heavy (non-hydrogen) atoms. The van der Waals surface area contributed by atoms with Crippen LogP contribution in [0.1, 0.15) is 36.6 Å². The molecule has 2 rings (SSSR count). The quantitative estimate of drug-likeness (QED) is 0.915. The lowest BCUT2D eigenvalue weighted by molar-refractivity contribution is 0.0605. The lowest BCUT2D eigenvalue weighted by atomic mass is 9.96. The molecular weight excluding hydrogens is 246 g/mol. The number of benzene rings is 1. The van der Waals surface area contributed by atoms with Crippen LogP contribution in [0.4, 0.5) is 0 Å². The highest BCUT2D eigenvalue weighted by molar-refractivity contribution is 5.33. The molecule has 0 bridgehead atoms. The van der Waals surface area contributed by atoms with E-state index in [-0.39, 0.29) is 0 Å². The maximum Gasteiger partial charge on any atom is 0.0474 e. The molecule has 1 heterocycles. The molecule has 1 aliphatic heterocycles. The summed E-state index contributed by atoms with van der Waals surface area (Å²) in [6.45, 7) is 14.2. The molecule has 112 valence electrons. The van der Waals surface area contributed by atoms with Gasteiger partial charge in [0.05, 0.1) is 0 Å². The summed E-state index contributed by atoms with van der Waals surface area (Å²) in [5.74, 6) is 0. The Labute approximate surface area is 123 Å². The van der Waals surface area contributed by atoms with E-state index in [9.17, 15) is 0 Å². The summed E-state index contributed by atoms with van der Waals surface area (Å²) in [6.07, 6.45) is 0. The fraction of sp³-hybridized carbons (Fsp3) is 0.647. The van der Waals surface area contributed by atoms with Gasteiger partial charge in [-0.25, -0.2) is 0 Å². The molecule has 3 nitrogen and oxygen atoms in total. The first-order chi connectivity index (χ1) is 9.56. The van der Waals surface area contributed by atoms with Crippen LogP contribution >= 0.6 is 0 Å². The number of aryl methyl sites for hydroxylation is 2. The van der Waals surface area contributed by atoms with E-state index >= 15 is 0 Å². The van der Waals surface area contributed by atoms with Gasteiger partial charge in [0.15, 0.2) is 0 Å². The summed E-state index contributed by atoms with van der Waals surface area (Å²) in [5, 5.41) is 0. The van der Waals surface area contributed by atoms with Gasteiger partial charge in [0.1, 0.15) is 0 Å². The van der Waals surface area contributed by atoms with Crippen molar-refractivity contribution in [1.29, 1.82) is 0 Å². The molecule has 2 unspecified atom stereocenters. The second-order valence-electron chi connectivity index (χ2n) is 6.08. The topological polar surface area (TPSA) is 32.5 Å². The minimum atomic E-state index is 0.358. The highest BCUT2D eigenvalue weighted by Crippen LogP contribution is 2.26. The van der Waals surface area contributed by atoms with Crippen LogP contribution < -0.4 is 5.73 Å². The van der Waals surface area contributed by atoms with E-state index in [0.29, 0.717) is 18.6 Å². The maximum absolute atomic E-state index is 6.11. The third kappa shape index (κ3) is 3.22. The largest absolute Gasteiger partial charge is 0.329 e. The Bertz CT molecular complexity index is 444. The van der Waals surface area contributed by atoms with E-state index in [1.165, 1.54) is 16.7 Å². The first kappa shape index (κ1) is 15.5. The summed E-state index contributed by atoms with van der Waals surface area (Å²) >= 11 is 0. The second kappa shape index (κ2) is 6.70. The monoisotopic (exact) mass is 275 g/mol. The van der Waals surface area contributed by atoms with E-state index in [1.807, 2.05) is 0 Å². The lowest BCUT2D eigenvalue weighted by Gasteiger charge is -2.43. The molecule has 2 N–H and O–H groups in total. The molecule has 2 atom stereocenters. The van der Waals surface area contributed by atoms with Crippen molar-refractivity contribution < 1.29 is 0 Å². The molecule has 1 saturated heterocycles. The molecule has 0 spiro atoms. The van der Waals surface area contributed by atoms with Gasteiger partial charge in [-0.2, -0.15) is 0 Å². The minimum Gasteiger partial charge on any atom is -0.329 e. The Morgan fingerprint density at radius 3 is 2.65 bits per heavy atom. The van der Waals surface area contributed by atoms with Crippen molar-refractivity contribution in [2.75, 3.05) is 32.7 Å². The van der Waals surface area contributed by atoms with Gasteiger partial charge in [0.2, 0.25) is 0 Å². The van der Waals surface area contributed by atoms with Crippen molar-refractivity contribution in [2.24, 2.45) is 5.73 Å². The van der Waals surface area contributed by atoms with Gasteiger partial charge in [-0.3, -0.25) is 9.80 Å². The van der Waals surface area contributed by atoms with Crippen molar-refractivity contribution in [3.05, 3.63) is 34.9 Å². The van der Waals surface area contributed by atoms with Crippen LogP contribution in [0.2, 0.25) is 0 Å². The fourth-order valence-electron chi connectivity index (χ4n) is 3.37. The Morgan fingerprint density at radius 1 is 1.30 bits per heavy atom. The predicted octanol–water partition coefficient (Wildman–Crippen LogP) is 2.33. The average molecular weight is 275 g/mol. The molecule has 0 aliphatic carbocycles. The Morgan fingerprint density at radius 2 is 2.05 bits per heavy atom. The van der Waals surface area contributed by atoms with Crippen LogP contribution in [-0.4, -0.2) is 48.6 Å². The third-order valence-electron chi connectivity index (χ3n) is 4.66. The van der Waals surface area contributed by atoms with Crippen molar-refractivity contribution in [1.82, 2.24) is 9.80 Å². The van der Waals surface area contributed by atoms with E-state index in [1.54, 1.807) is 0 Å². The first-order valence-electron chi connectivity index (χ1n) is 7.82. The van der Waals surface area contributed by atoms with E-state index in [2.05, 4.69) is 55.7 Å². The molecule has 0 aromatic heterocycles. The molecule has 0 saturated carbocycles. The van der Waals surface area contributed by atoms with Gasteiger partial charge in [0.25, 0.3) is 0 Å². The van der Waals surface area contributed by atoms with Crippen LogP contribution in [0.15, 0.2) is 18.2 Å². The summed E-state index contributed by atoms with van der Waals surface area (Å²) in [4.78, 5) is 5.12. The van der Waals surface area contributed by atoms with E-state index in [0.717, 1.165) is 26.2 Å². The maximum atomic E-state index is 6.11. The minimum absolute atomic E-state index is 0.358. The van der Waals surface area contributed by atoms with Crippen LogP contribution in [0.3, 0.4) is 0 Å². The number of nitrogens with two attached hydrogens (primary N) is 1. The van der Waals surface area contributed by atoms with Gasteiger partial charge >= 0.3 is 0 Å². The van der Waals surface area contributed by atoms with Crippen LogP contribution in [0, 0.1) is 13.8 Å². The zero-order valence-corrected chi connectivity index (χ0v) is 13.4. The number of hydrogen-bond acceptors (Lipinski definition) is 3. The van der Waals surface area contributed by atoms with Gasteiger partial charge < -0.3 is 5.73 Å². The van der Waals surface area contributed by atoms with Crippen molar-refractivity contribution in [3.63, 3.8) is 0 Å². The Balaban J connectivity index is 2.18. The van der Waals surface area contributed by atoms with Crippen LogP contribution in [-0.2, 0) is 0 Å². The summed E-state index contributed by atoms with van der Waals surface area (Å²) in [5.41, 5.74) is 10.2. The Kier molecular flexibility index (Phi) is 5.19. The number of piperazine rings is 1. The fourth-order valence-corrected chi connectivity index (χ4v) is 3.37. The standard InChI is InChI=1S/C17H29N3/c1-5-19-8-9-20(12-15(19)4)17(11-18)16-10-13(2)6-7-14(16)3/h6-7,10,15,17H,5,8-9,11-12,18H2,1-4H3. The van der Waals surface area contributed by atoms with Gasteiger partial charge in [0, 0.05) is 38.3 Å². The molecular formula is C17H29N3. The molecule has 0 amide bonds. The lowest BCUT2D eigenvalue weighted by Crippen LogP contribution is -2.53. The van der Waals surface area contributed by atoms with Crippen molar-refractivity contribution >= 4 is 0 Å². The average Bonchev–Trinajstić information content (AvgIpc) is 2.44. The van der Waals surface area contributed by atoms with E-state index < -0.39 is 0 Å². The summed E-state index contributed by atoms with van der Waals surface area (Å²) in [7, 11) is 0. The summed E-state index contributed by atoms with van der Waals surface area (Å²) in [6, 6.07) is 7.69. The second-order valence-corrected chi connectivity index (χ2v) is 6.08. The molecule has 1 aromatic carbocycles. The number of rotatable bonds is 4. The molecule has 1 aromatic rings. The van der Waals surface area contributed by atoms with Crippen LogP contribution in [0.5, 0.6) is 0 Å². The van der Waals surface area contributed by atoms with Gasteiger partial charge in [-0.05, 0) is 38.4 Å². The normalized spacial score (nSPS) is 22.9. The molecule has 1 fully saturated rings. The number of likely N-dealkylation sites (N-methyl/N-ethyl adjacent to an activating group) is 1. The van der Waals surface area contributed by atoms with Crippen molar-refractivity contribution in [3.8, 4) is 0 Å². The Hall–Kier alpha value is -0.900. The van der Waals surface area contributed by atoms with Gasteiger partial charge in [-0.15, -0.1) is 0 Å². The third-order valence-corrected chi connectivity index (χ3v) is 4.66. The number of nitrogens with zero attached hydrogens (tertiary/aromatic N) is 2. The summed E-state index contributed by atoms with van der Waals surface area (Å²) < 4.78 is 0. The first-order valence-corrected chi connectivity index (χ1v) is 7.82. The highest BCUT2D eigenvalue weighted by atomic mass is 15.3.